The minimum atomic E-state index is -0.363. The van der Waals surface area contributed by atoms with E-state index in [9.17, 15) is 9.18 Å². The average molecular weight is 412 g/mol. The number of thioether (sulfide) groups is 1. The van der Waals surface area contributed by atoms with Gasteiger partial charge in [-0.1, -0.05) is 28.9 Å². The minimum absolute atomic E-state index is 0.0970. The maximum absolute atomic E-state index is 13.7. The molecular weight excluding hydrogens is 397 g/mol. The summed E-state index contributed by atoms with van der Waals surface area (Å²) < 4.78 is 18.9. The molecule has 0 saturated carbocycles. The first-order valence-electron chi connectivity index (χ1n) is 7.65. The third-order valence-corrected chi connectivity index (χ3v) is 5.57. The quantitative estimate of drug-likeness (QED) is 0.573. The molecule has 1 aromatic carbocycles. The second kappa shape index (κ2) is 8.66. The van der Waals surface area contributed by atoms with Crippen LogP contribution in [0.15, 0.2) is 40.2 Å². The molecule has 0 spiro atoms. The molecule has 26 heavy (non-hydrogen) atoms. The van der Waals surface area contributed by atoms with E-state index in [1.807, 2.05) is 17.5 Å². The van der Waals surface area contributed by atoms with Crippen LogP contribution in [0.2, 0.25) is 5.02 Å². The Hall–Kier alpha value is -1.90. The number of benzene rings is 1. The number of halogens is 2. The summed E-state index contributed by atoms with van der Waals surface area (Å²) in [5, 5.41) is 6.21. The van der Waals surface area contributed by atoms with Crippen LogP contribution in [0.4, 0.5) is 4.39 Å². The lowest BCUT2D eigenvalue weighted by atomic mass is 10.2. The topological polar surface area (TPSA) is 59.2 Å². The van der Waals surface area contributed by atoms with Crippen LogP contribution in [0.25, 0.3) is 10.7 Å². The molecule has 0 aliphatic heterocycles. The van der Waals surface area contributed by atoms with Crippen LogP contribution in [0.3, 0.4) is 0 Å². The molecule has 3 rings (SSSR count). The highest BCUT2D eigenvalue weighted by molar-refractivity contribution is 7.99. The Morgan fingerprint density at radius 1 is 1.42 bits per heavy atom. The van der Waals surface area contributed by atoms with Gasteiger partial charge in [0.05, 0.1) is 17.2 Å². The fraction of sp³-hybridized carbons (Fsp3) is 0.235. The van der Waals surface area contributed by atoms with Gasteiger partial charge in [0.25, 0.3) is 0 Å². The number of thiophene rings is 1. The highest BCUT2D eigenvalue weighted by Crippen LogP contribution is 2.22. The fourth-order valence-electron chi connectivity index (χ4n) is 2.11. The largest absolute Gasteiger partial charge is 0.337 e. The van der Waals surface area contributed by atoms with Crippen LogP contribution in [0.5, 0.6) is 0 Å². The number of hydrogen-bond donors (Lipinski definition) is 0. The lowest BCUT2D eigenvalue weighted by Crippen LogP contribution is -2.28. The van der Waals surface area contributed by atoms with Crippen molar-refractivity contribution in [3.63, 3.8) is 0 Å². The van der Waals surface area contributed by atoms with Crippen molar-refractivity contribution in [1.82, 2.24) is 15.0 Å². The third kappa shape index (κ3) is 4.84. The van der Waals surface area contributed by atoms with E-state index in [0.29, 0.717) is 28.1 Å². The van der Waals surface area contributed by atoms with E-state index in [1.165, 1.54) is 34.1 Å². The summed E-state index contributed by atoms with van der Waals surface area (Å²) in [5.74, 6) is 1.05. The zero-order valence-electron chi connectivity index (χ0n) is 13.8. The summed E-state index contributed by atoms with van der Waals surface area (Å²) in [7, 11) is 1.67. The van der Waals surface area contributed by atoms with Gasteiger partial charge in [-0.05, 0) is 29.1 Å². The van der Waals surface area contributed by atoms with Gasteiger partial charge >= 0.3 is 0 Å². The van der Waals surface area contributed by atoms with Gasteiger partial charge in [0.1, 0.15) is 5.82 Å². The summed E-state index contributed by atoms with van der Waals surface area (Å²) in [6.07, 6.45) is 0. The number of rotatable bonds is 7. The highest BCUT2D eigenvalue weighted by atomic mass is 35.5. The van der Waals surface area contributed by atoms with Crippen LogP contribution >= 0.6 is 34.7 Å². The molecule has 1 amide bonds. The van der Waals surface area contributed by atoms with E-state index in [-0.39, 0.29) is 24.0 Å². The monoisotopic (exact) mass is 411 g/mol. The predicted octanol–water partition coefficient (Wildman–Crippen LogP) is 4.48. The number of aromatic nitrogens is 2. The normalized spacial score (nSPS) is 10.9. The number of hydrogen-bond acceptors (Lipinski definition) is 6. The molecule has 136 valence electrons. The van der Waals surface area contributed by atoms with E-state index in [0.717, 1.165) is 4.88 Å². The molecule has 0 N–H and O–H groups in total. The second-order valence-electron chi connectivity index (χ2n) is 5.47. The zero-order chi connectivity index (χ0) is 18.5. The highest BCUT2D eigenvalue weighted by Gasteiger charge is 2.15. The molecule has 0 bridgehead atoms. The van der Waals surface area contributed by atoms with Gasteiger partial charge in [-0.25, -0.2) is 4.39 Å². The fourth-order valence-corrected chi connectivity index (χ4v) is 3.87. The number of carbonyl (C=O) groups is 1. The lowest BCUT2D eigenvalue weighted by molar-refractivity contribution is -0.127. The van der Waals surface area contributed by atoms with Gasteiger partial charge in [0.15, 0.2) is 0 Å². The van der Waals surface area contributed by atoms with Crippen molar-refractivity contribution >= 4 is 40.6 Å². The van der Waals surface area contributed by atoms with Gasteiger partial charge in [0, 0.05) is 17.8 Å². The molecule has 0 aliphatic rings. The van der Waals surface area contributed by atoms with Crippen LogP contribution in [-0.4, -0.2) is 33.7 Å². The molecule has 2 aromatic heterocycles. The van der Waals surface area contributed by atoms with Gasteiger partial charge in [0.2, 0.25) is 17.6 Å². The summed E-state index contributed by atoms with van der Waals surface area (Å²) in [6.45, 7) is 0.229. The Labute approximate surface area is 163 Å². The maximum atomic E-state index is 13.7. The third-order valence-electron chi connectivity index (χ3n) is 3.51. The van der Waals surface area contributed by atoms with Crippen molar-refractivity contribution in [3.05, 3.63) is 58.0 Å². The summed E-state index contributed by atoms with van der Waals surface area (Å²) >= 11 is 8.58. The summed E-state index contributed by atoms with van der Waals surface area (Å²) in [5.41, 5.74) is 0.521. The van der Waals surface area contributed by atoms with Crippen LogP contribution in [-0.2, 0) is 17.1 Å². The first-order valence-corrected chi connectivity index (χ1v) is 10.1. The standard InChI is InChI=1S/C17H15ClFN3O2S2/c1-22(8-15-20-17(21-24-15)14-3-2-6-26-14)16(23)10-25-9-11-4-5-12(18)7-13(11)19/h2-7H,8-10H2,1H3. The number of nitrogens with zero attached hydrogens (tertiary/aromatic N) is 3. The lowest BCUT2D eigenvalue weighted by Gasteiger charge is -2.14. The Morgan fingerprint density at radius 3 is 3.00 bits per heavy atom. The Balaban J connectivity index is 1.49. The van der Waals surface area contributed by atoms with Crippen LogP contribution in [0, 0.1) is 5.82 Å². The predicted molar refractivity (Wildman–Crippen MR) is 102 cm³/mol. The Morgan fingerprint density at radius 2 is 2.27 bits per heavy atom. The van der Waals surface area contributed by atoms with E-state index in [1.54, 1.807) is 19.2 Å². The van der Waals surface area contributed by atoms with Crippen molar-refractivity contribution in [2.24, 2.45) is 0 Å². The molecule has 0 aliphatic carbocycles. The first kappa shape index (κ1) is 18.9. The molecule has 0 unspecified atom stereocenters. The Kier molecular flexibility index (Phi) is 6.29. The van der Waals surface area contributed by atoms with Crippen molar-refractivity contribution in [1.29, 1.82) is 0 Å². The van der Waals surface area contributed by atoms with Gasteiger partial charge in [-0.3, -0.25) is 4.79 Å². The Bertz CT molecular complexity index is 886. The average Bonchev–Trinajstić information content (AvgIpc) is 3.28. The summed E-state index contributed by atoms with van der Waals surface area (Å²) in [4.78, 5) is 18.9. The number of amides is 1. The van der Waals surface area contributed by atoms with Crippen LogP contribution in [0.1, 0.15) is 11.5 Å². The smallest absolute Gasteiger partial charge is 0.246 e. The molecule has 5 nitrogen and oxygen atoms in total. The number of carbonyl (C=O) groups excluding carboxylic acids is 1. The van der Waals surface area contributed by atoms with Crippen molar-refractivity contribution in [2.75, 3.05) is 12.8 Å². The van der Waals surface area contributed by atoms with Crippen molar-refractivity contribution < 1.29 is 13.7 Å². The van der Waals surface area contributed by atoms with Gasteiger partial charge in [-0.2, -0.15) is 4.98 Å². The molecule has 9 heteroatoms. The molecule has 0 fully saturated rings. The van der Waals surface area contributed by atoms with E-state index >= 15 is 0 Å². The van der Waals surface area contributed by atoms with Crippen molar-refractivity contribution in [3.8, 4) is 10.7 Å². The molecule has 0 radical (unpaired) electrons. The van der Waals surface area contributed by atoms with Gasteiger partial charge < -0.3 is 9.42 Å². The van der Waals surface area contributed by atoms with E-state index in [4.69, 9.17) is 16.1 Å². The second-order valence-corrected chi connectivity index (χ2v) is 7.84. The molecule has 3 aromatic rings. The molecular formula is C17H15ClFN3O2S2. The van der Waals surface area contributed by atoms with E-state index in [2.05, 4.69) is 10.1 Å². The van der Waals surface area contributed by atoms with E-state index < -0.39 is 0 Å². The molecule has 2 heterocycles. The zero-order valence-corrected chi connectivity index (χ0v) is 16.2. The van der Waals surface area contributed by atoms with Crippen LogP contribution < -0.4 is 0 Å². The molecule has 0 saturated heterocycles. The maximum Gasteiger partial charge on any atom is 0.246 e. The SMILES string of the molecule is CN(Cc1nc(-c2cccs2)no1)C(=O)CSCc1ccc(Cl)cc1F. The molecule has 0 atom stereocenters. The summed E-state index contributed by atoms with van der Waals surface area (Å²) in [6, 6.07) is 8.35. The first-order chi connectivity index (χ1) is 12.5. The minimum Gasteiger partial charge on any atom is -0.337 e. The van der Waals surface area contributed by atoms with Gasteiger partial charge in [-0.15, -0.1) is 23.1 Å². The van der Waals surface area contributed by atoms with Crippen molar-refractivity contribution in [2.45, 2.75) is 12.3 Å².